The van der Waals surface area contributed by atoms with Crippen LogP contribution in [0.5, 0.6) is 0 Å². The van der Waals surface area contributed by atoms with E-state index in [4.69, 9.17) is 18.9 Å². The van der Waals surface area contributed by atoms with Crippen LogP contribution in [0.4, 0.5) is 0 Å². The van der Waals surface area contributed by atoms with Gasteiger partial charge in [-0.25, -0.2) is 4.79 Å². The molecule has 0 aromatic carbocycles. The van der Waals surface area contributed by atoms with Gasteiger partial charge in [-0.3, -0.25) is 14.4 Å². The minimum atomic E-state index is -1.07. The predicted molar refractivity (Wildman–Crippen MR) is 131 cm³/mol. The van der Waals surface area contributed by atoms with Gasteiger partial charge in [0.25, 0.3) is 0 Å². The molecule has 35 heavy (non-hydrogen) atoms. The quantitative estimate of drug-likeness (QED) is 0.176. The number of ether oxygens (including phenoxy) is 4. The zero-order valence-corrected chi connectivity index (χ0v) is 22.3. The number of hydrogen-bond donors (Lipinski definition) is 0. The molecule has 0 spiro atoms. The molecule has 0 heterocycles. The van der Waals surface area contributed by atoms with Crippen molar-refractivity contribution in [1.82, 2.24) is 0 Å². The molecule has 4 atom stereocenters. The first-order chi connectivity index (χ1) is 16.6. The number of esters is 4. The van der Waals surface area contributed by atoms with Crippen LogP contribution < -0.4 is 0 Å². The summed E-state index contributed by atoms with van der Waals surface area (Å²) in [7, 11) is 1.24. The van der Waals surface area contributed by atoms with Crippen molar-refractivity contribution in [2.24, 2.45) is 11.8 Å². The predicted octanol–water partition coefficient (Wildman–Crippen LogP) is 5.07. The van der Waals surface area contributed by atoms with Crippen molar-refractivity contribution in [1.29, 1.82) is 0 Å². The van der Waals surface area contributed by atoms with Crippen molar-refractivity contribution in [3.8, 4) is 0 Å². The topological polar surface area (TPSA) is 105 Å². The van der Waals surface area contributed by atoms with Crippen LogP contribution in [0.25, 0.3) is 0 Å². The van der Waals surface area contributed by atoms with Gasteiger partial charge in [-0.1, -0.05) is 73.1 Å². The molecule has 1 aliphatic rings. The van der Waals surface area contributed by atoms with E-state index in [2.05, 4.69) is 6.92 Å². The number of carbonyl (C=O) groups is 4. The van der Waals surface area contributed by atoms with Crippen LogP contribution in [-0.4, -0.2) is 49.3 Å². The van der Waals surface area contributed by atoms with Gasteiger partial charge < -0.3 is 18.9 Å². The van der Waals surface area contributed by atoms with E-state index in [1.165, 1.54) is 32.4 Å². The minimum absolute atomic E-state index is 0.00209. The van der Waals surface area contributed by atoms with Crippen molar-refractivity contribution in [2.45, 2.75) is 117 Å². The summed E-state index contributed by atoms with van der Waals surface area (Å²) in [6, 6.07) is 0. The monoisotopic (exact) mass is 496 g/mol. The molecule has 200 valence electrons. The van der Waals surface area contributed by atoms with Crippen molar-refractivity contribution >= 4 is 23.9 Å². The largest absolute Gasteiger partial charge is 0.466 e. The van der Waals surface area contributed by atoms with E-state index in [0.29, 0.717) is 12.8 Å². The van der Waals surface area contributed by atoms with E-state index >= 15 is 0 Å². The molecule has 1 rings (SSSR count). The molecule has 0 saturated carbocycles. The second-order valence-electron chi connectivity index (χ2n) is 9.55. The van der Waals surface area contributed by atoms with Gasteiger partial charge in [0.2, 0.25) is 0 Å². The number of carbonyl (C=O) groups excluding carboxylic acids is 4. The summed E-state index contributed by atoms with van der Waals surface area (Å²) in [5.74, 6) is -2.86. The Morgan fingerprint density at radius 1 is 0.886 bits per heavy atom. The third kappa shape index (κ3) is 10.8. The number of hydrogen-bond acceptors (Lipinski definition) is 8. The van der Waals surface area contributed by atoms with E-state index in [-0.39, 0.29) is 24.3 Å². The fraction of sp³-hybridized carbons (Fsp3) is 0.778. The smallest absolute Gasteiger partial charge is 0.333 e. The van der Waals surface area contributed by atoms with Crippen molar-refractivity contribution in [3.05, 3.63) is 11.6 Å². The highest BCUT2D eigenvalue weighted by atomic mass is 16.6. The Balaban J connectivity index is 3.01. The average Bonchev–Trinajstić information content (AvgIpc) is 2.83. The van der Waals surface area contributed by atoms with Crippen LogP contribution >= 0.6 is 0 Å². The van der Waals surface area contributed by atoms with Crippen molar-refractivity contribution in [2.75, 3.05) is 7.11 Å². The SMILES string of the molecule is CCCCCCCCCC(=O)OC1C(OC(=O)C(C)CC)C=C(C(=O)OC)CC1OC(=O)C(C)C. The Labute approximate surface area is 210 Å². The highest BCUT2D eigenvalue weighted by Gasteiger charge is 2.43. The standard InChI is InChI=1S/C27H44O8/c1-7-9-10-11-12-13-14-15-23(28)35-24-21(33-25(29)18(3)4)16-20(27(31)32-6)17-22(24)34-26(30)19(5)8-2/h17-19,21-22,24H,7-16H2,1-6H3. The van der Waals surface area contributed by atoms with Crippen LogP contribution in [0.15, 0.2) is 11.6 Å². The van der Waals surface area contributed by atoms with Gasteiger partial charge in [0, 0.05) is 18.4 Å². The van der Waals surface area contributed by atoms with E-state index < -0.39 is 48.1 Å². The van der Waals surface area contributed by atoms with E-state index in [1.54, 1.807) is 20.8 Å². The van der Waals surface area contributed by atoms with Crippen LogP contribution in [0, 0.1) is 11.8 Å². The molecule has 0 fully saturated rings. The van der Waals surface area contributed by atoms with E-state index in [1.807, 2.05) is 6.92 Å². The average molecular weight is 497 g/mol. The highest BCUT2D eigenvalue weighted by molar-refractivity contribution is 5.89. The number of unbranched alkanes of at least 4 members (excludes halogenated alkanes) is 6. The maximum atomic E-state index is 12.7. The van der Waals surface area contributed by atoms with Crippen LogP contribution in [0.3, 0.4) is 0 Å². The molecule has 0 aliphatic heterocycles. The zero-order chi connectivity index (χ0) is 26.4. The summed E-state index contributed by atoms with van der Waals surface area (Å²) in [6.07, 6.45) is 6.56. The normalized spacial score (nSPS) is 20.5. The molecule has 0 bridgehead atoms. The Morgan fingerprint density at radius 3 is 2.09 bits per heavy atom. The van der Waals surface area contributed by atoms with Crippen molar-refractivity contribution < 1.29 is 38.1 Å². The Hall–Kier alpha value is -2.38. The third-order valence-corrected chi connectivity index (χ3v) is 6.18. The maximum absolute atomic E-state index is 12.7. The minimum Gasteiger partial charge on any atom is -0.466 e. The fourth-order valence-electron chi connectivity index (χ4n) is 3.68. The first-order valence-corrected chi connectivity index (χ1v) is 13.0. The Morgan fingerprint density at radius 2 is 1.51 bits per heavy atom. The molecule has 8 heteroatoms. The Bertz CT molecular complexity index is 727. The van der Waals surface area contributed by atoms with E-state index in [0.717, 1.165) is 19.3 Å². The molecule has 0 aromatic heterocycles. The van der Waals surface area contributed by atoms with Crippen LogP contribution in [0.2, 0.25) is 0 Å². The van der Waals surface area contributed by atoms with Crippen LogP contribution in [-0.2, 0) is 38.1 Å². The molecular weight excluding hydrogens is 452 g/mol. The lowest BCUT2D eigenvalue weighted by Gasteiger charge is -2.35. The second kappa shape index (κ2) is 16.3. The van der Waals surface area contributed by atoms with Gasteiger partial charge in [-0.15, -0.1) is 0 Å². The van der Waals surface area contributed by atoms with Gasteiger partial charge in [-0.05, 0) is 18.9 Å². The van der Waals surface area contributed by atoms with Gasteiger partial charge in [-0.2, -0.15) is 0 Å². The maximum Gasteiger partial charge on any atom is 0.333 e. The highest BCUT2D eigenvalue weighted by Crippen LogP contribution is 2.29. The lowest BCUT2D eigenvalue weighted by Crippen LogP contribution is -2.49. The molecule has 0 amide bonds. The van der Waals surface area contributed by atoms with Gasteiger partial charge in [0.1, 0.15) is 6.10 Å². The van der Waals surface area contributed by atoms with Crippen LogP contribution in [0.1, 0.15) is 98.8 Å². The first kappa shape index (κ1) is 30.7. The molecular formula is C27H44O8. The molecule has 4 unspecified atom stereocenters. The summed E-state index contributed by atoms with van der Waals surface area (Å²) < 4.78 is 21.8. The van der Waals surface area contributed by atoms with Gasteiger partial charge >= 0.3 is 23.9 Å². The zero-order valence-electron chi connectivity index (χ0n) is 22.3. The summed E-state index contributed by atoms with van der Waals surface area (Å²) in [5, 5.41) is 0. The molecule has 0 saturated heterocycles. The second-order valence-corrected chi connectivity index (χ2v) is 9.55. The first-order valence-electron chi connectivity index (χ1n) is 13.0. The number of rotatable bonds is 15. The van der Waals surface area contributed by atoms with Gasteiger partial charge in [0.15, 0.2) is 12.2 Å². The summed E-state index contributed by atoms with van der Waals surface area (Å²) in [5.41, 5.74) is 0.204. The summed E-state index contributed by atoms with van der Waals surface area (Å²) >= 11 is 0. The molecule has 0 aromatic rings. The summed E-state index contributed by atoms with van der Waals surface area (Å²) in [4.78, 5) is 49.9. The van der Waals surface area contributed by atoms with Crippen molar-refractivity contribution in [3.63, 3.8) is 0 Å². The molecule has 8 nitrogen and oxygen atoms in total. The summed E-state index contributed by atoms with van der Waals surface area (Å²) in [6.45, 7) is 9.13. The Kier molecular flexibility index (Phi) is 14.3. The van der Waals surface area contributed by atoms with Gasteiger partial charge in [0.05, 0.1) is 18.9 Å². The van der Waals surface area contributed by atoms with E-state index in [9.17, 15) is 19.2 Å². The molecule has 1 aliphatic carbocycles. The number of methoxy groups -OCH3 is 1. The molecule has 0 radical (unpaired) electrons. The lowest BCUT2D eigenvalue weighted by molar-refractivity contribution is -0.186. The lowest BCUT2D eigenvalue weighted by atomic mass is 9.91. The fourth-order valence-corrected chi connectivity index (χ4v) is 3.68. The molecule has 0 N–H and O–H groups in total. The third-order valence-electron chi connectivity index (χ3n) is 6.18.